The summed E-state index contributed by atoms with van der Waals surface area (Å²) in [5.41, 5.74) is 2.26. The fourth-order valence-electron chi connectivity index (χ4n) is 2.06. The highest BCUT2D eigenvalue weighted by atomic mass is 127. The fourth-order valence-corrected chi connectivity index (χ4v) is 2.42. The van der Waals surface area contributed by atoms with Gasteiger partial charge in [0.25, 0.3) is 11.8 Å². The fraction of sp³-hybridized carbons (Fsp3) is 0.176. The van der Waals surface area contributed by atoms with Gasteiger partial charge in [-0.1, -0.05) is 12.1 Å². The first kappa shape index (κ1) is 16.5. The maximum absolute atomic E-state index is 12.3. The van der Waals surface area contributed by atoms with Crippen LogP contribution in [0.4, 0.5) is 0 Å². The minimum atomic E-state index is -0.116. The average Bonchev–Trinajstić information content (AvgIpc) is 2.54. The lowest BCUT2D eigenvalue weighted by atomic mass is 10.1. The first-order valence-corrected chi connectivity index (χ1v) is 7.91. The number of hydrogen-bond donors (Lipinski definition) is 1. The highest BCUT2D eigenvalue weighted by Crippen LogP contribution is 2.12. The Hall–Kier alpha value is -1.89. The van der Waals surface area contributed by atoms with Gasteiger partial charge in [-0.25, -0.2) is 0 Å². The lowest BCUT2D eigenvalue weighted by Crippen LogP contribution is -2.26. The summed E-state index contributed by atoms with van der Waals surface area (Å²) >= 11 is 2.21. The third-order valence-corrected chi connectivity index (χ3v) is 4.02. The molecule has 0 bridgehead atoms. The van der Waals surface area contributed by atoms with Gasteiger partial charge < -0.3 is 10.2 Å². The normalized spacial score (nSPS) is 10.1. The van der Waals surface area contributed by atoms with Crippen molar-refractivity contribution in [3.05, 3.63) is 68.8 Å². The summed E-state index contributed by atoms with van der Waals surface area (Å²) < 4.78 is 1.10. The van der Waals surface area contributed by atoms with Crippen LogP contribution in [0.1, 0.15) is 26.3 Å². The molecule has 1 N–H and O–H groups in total. The molecule has 5 heteroatoms. The van der Waals surface area contributed by atoms with Crippen molar-refractivity contribution in [2.75, 3.05) is 14.1 Å². The monoisotopic (exact) mass is 408 g/mol. The predicted molar refractivity (Wildman–Crippen MR) is 94.8 cm³/mol. The van der Waals surface area contributed by atoms with Gasteiger partial charge in [-0.15, -0.1) is 0 Å². The molecular formula is C17H17IN2O2. The van der Waals surface area contributed by atoms with Crippen LogP contribution in [0.5, 0.6) is 0 Å². The molecule has 0 aromatic heterocycles. The van der Waals surface area contributed by atoms with E-state index in [0.717, 1.165) is 9.13 Å². The predicted octanol–water partition coefficient (Wildman–Crippen LogP) is 2.92. The van der Waals surface area contributed by atoms with Crippen LogP contribution in [-0.2, 0) is 6.54 Å². The summed E-state index contributed by atoms with van der Waals surface area (Å²) in [5, 5.41) is 2.58. The van der Waals surface area contributed by atoms with E-state index in [4.69, 9.17) is 0 Å². The Kier molecular flexibility index (Phi) is 5.54. The molecule has 22 heavy (non-hydrogen) atoms. The number of carbonyl (C=O) groups is 2. The molecule has 0 aliphatic rings. The summed E-state index contributed by atoms with van der Waals surface area (Å²) in [4.78, 5) is 25.5. The van der Waals surface area contributed by atoms with Crippen LogP contribution in [0.3, 0.4) is 0 Å². The van der Waals surface area contributed by atoms with Gasteiger partial charge in [0, 0.05) is 35.3 Å². The SMILES string of the molecule is CNC(=O)c1ccc(CN(C)C(=O)c2ccc(I)cc2)cc1. The maximum Gasteiger partial charge on any atom is 0.253 e. The Labute approximate surface area is 143 Å². The largest absolute Gasteiger partial charge is 0.355 e. The van der Waals surface area contributed by atoms with Gasteiger partial charge in [0.1, 0.15) is 0 Å². The topological polar surface area (TPSA) is 49.4 Å². The van der Waals surface area contributed by atoms with Crippen molar-refractivity contribution < 1.29 is 9.59 Å². The van der Waals surface area contributed by atoms with E-state index < -0.39 is 0 Å². The third kappa shape index (κ3) is 4.07. The second-order valence-electron chi connectivity index (χ2n) is 4.94. The zero-order valence-corrected chi connectivity index (χ0v) is 14.6. The Balaban J connectivity index is 2.05. The van der Waals surface area contributed by atoms with Crippen molar-refractivity contribution in [2.24, 2.45) is 0 Å². The van der Waals surface area contributed by atoms with Gasteiger partial charge in [-0.05, 0) is 64.6 Å². The number of hydrogen-bond acceptors (Lipinski definition) is 2. The molecule has 0 saturated heterocycles. The number of carbonyl (C=O) groups excluding carboxylic acids is 2. The Morgan fingerprint density at radius 2 is 1.55 bits per heavy atom. The van der Waals surface area contributed by atoms with Gasteiger partial charge >= 0.3 is 0 Å². The number of nitrogens with zero attached hydrogens (tertiary/aromatic N) is 1. The molecule has 0 atom stereocenters. The molecular weight excluding hydrogens is 391 g/mol. The number of rotatable bonds is 4. The molecule has 0 unspecified atom stereocenters. The van der Waals surface area contributed by atoms with Gasteiger partial charge in [0.15, 0.2) is 0 Å². The van der Waals surface area contributed by atoms with Crippen LogP contribution in [0.2, 0.25) is 0 Å². The smallest absolute Gasteiger partial charge is 0.253 e. The zero-order chi connectivity index (χ0) is 16.1. The molecule has 4 nitrogen and oxygen atoms in total. The molecule has 0 radical (unpaired) electrons. The van der Waals surface area contributed by atoms with Crippen LogP contribution < -0.4 is 5.32 Å². The van der Waals surface area contributed by atoms with Crippen molar-refractivity contribution in [2.45, 2.75) is 6.54 Å². The molecule has 0 aliphatic heterocycles. The molecule has 2 aromatic carbocycles. The molecule has 0 heterocycles. The maximum atomic E-state index is 12.3. The van der Waals surface area contributed by atoms with Crippen LogP contribution in [-0.4, -0.2) is 30.8 Å². The molecule has 0 saturated carbocycles. The van der Waals surface area contributed by atoms with E-state index >= 15 is 0 Å². The molecule has 0 spiro atoms. The van der Waals surface area contributed by atoms with Crippen molar-refractivity contribution >= 4 is 34.4 Å². The van der Waals surface area contributed by atoms with Gasteiger partial charge in [-0.2, -0.15) is 0 Å². The quantitative estimate of drug-likeness (QED) is 0.792. The number of amides is 2. The summed E-state index contributed by atoms with van der Waals surface area (Å²) in [6.07, 6.45) is 0. The van der Waals surface area contributed by atoms with Crippen molar-refractivity contribution in [3.8, 4) is 0 Å². The molecule has 2 rings (SSSR count). The average molecular weight is 408 g/mol. The standard InChI is InChI=1S/C17H17IN2O2/c1-19-16(21)13-5-3-12(4-6-13)11-20(2)17(22)14-7-9-15(18)10-8-14/h3-10H,11H2,1-2H3,(H,19,21). The Morgan fingerprint density at radius 1 is 1.00 bits per heavy atom. The lowest BCUT2D eigenvalue weighted by molar-refractivity contribution is 0.0784. The highest BCUT2D eigenvalue weighted by Gasteiger charge is 2.12. The minimum Gasteiger partial charge on any atom is -0.355 e. The van der Waals surface area contributed by atoms with Crippen LogP contribution in [0, 0.1) is 3.57 Å². The van der Waals surface area contributed by atoms with E-state index in [-0.39, 0.29) is 11.8 Å². The number of halogens is 1. The van der Waals surface area contributed by atoms with Gasteiger partial charge in [-0.3, -0.25) is 9.59 Å². The van der Waals surface area contributed by atoms with Crippen molar-refractivity contribution in [1.82, 2.24) is 10.2 Å². The van der Waals surface area contributed by atoms with Gasteiger partial charge in [0.05, 0.1) is 0 Å². The summed E-state index contributed by atoms with van der Waals surface area (Å²) in [6, 6.07) is 14.7. The van der Waals surface area contributed by atoms with Gasteiger partial charge in [0.2, 0.25) is 0 Å². The van der Waals surface area contributed by atoms with Crippen molar-refractivity contribution in [3.63, 3.8) is 0 Å². The zero-order valence-electron chi connectivity index (χ0n) is 12.5. The second-order valence-corrected chi connectivity index (χ2v) is 6.19. The van der Waals surface area contributed by atoms with Crippen LogP contribution in [0.15, 0.2) is 48.5 Å². The second kappa shape index (κ2) is 7.40. The molecule has 114 valence electrons. The van der Waals surface area contributed by atoms with Crippen LogP contribution in [0.25, 0.3) is 0 Å². The van der Waals surface area contributed by atoms with E-state index in [2.05, 4.69) is 27.9 Å². The molecule has 0 aliphatic carbocycles. The Bertz CT molecular complexity index is 666. The molecule has 2 aromatic rings. The van der Waals surface area contributed by atoms with E-state index in [1.807, 2.05) is 36.4 Å². The van der Waals surface area contributed by atoms with Crippen LogP contribution >= 0.6 is 22.6 Å². The Morgan fingerprint density at radius 3 is 2.09 bits per heavy atom. The molecule has 0 fully saturated rings. The summed E-state index contributed by atoms with van der Waals surface area (Å²) in [7, 11) is 3.37. The van der Waals surface area contributed by atoms with E-state index in [1.165, 1.54) is 0 Å². The first-order chi connectivity index (χ1) is 10.5. The minimum absolute atomic E-state index is 0.0215. The first-order valence-electron chi connectivity index (χ1n) is 6.83. The number of nitrogens with one attached hydrogen (secondary N) is 1. The lowest BCUT2D eigenvalue weighted by Gasteiger charge is -2.17. The van der Waals surface area contributed by atoms with Crippen molar-refractivity contribution in [1.29, 1.82) is 0 Å². The van der Waals surface area contributed by atoms with E-state index in [0.29, 0.717) is 17.7 Å². The molecule has 2 amide bonds. The summed E-state index contributed by atoms with van der Waals surface area (Å²) in [6.45, 7) is 0.499. The van der Waals surface area contributed by atoms with E-state index in [9.17, 15) is 9.59 Å². The number of benzene rings is 2. The highest BCUT2D eigenvalue weighted by molar-refractivity contribution is 14.1. The third-order valence-electron chi connectivity index (χ3n) is 3.30. The summed E-state index contributed by atoms with van der Waals surface area (Å²) in [5.74, 6) is -0.137. The van der Waals surface area contributed by atoms with E-state index in [1.54, 1.807) is 31.1 Å².